The Labute approximate surface area is 231 Å². The van der Waals surface area contributed by atoms with Crippen LogP contribution in [-0.4, -0.2) is 65.8 Å². The Kier molecular flexibility index (Phi) is 8.03. The quantitative estimate of drug-likeness (QED) is 0.151. The third-order valence-electron chi connectivity index (χ3n) is 5.72. The van der Waals surface area contributed by atoms with Crippen LogP contribution in [0.2, 0.25) is 0 Å². The van der Waals surface area contributed by atoms with E-state index in [4.69, 9.17) is 0 Å². The highest BCUT2D eigenvalue weighted by Crippen LogP contribution is 2.27. The number of rotatable bonds is 11. The van der Waals surface area contributed by atoms with Gasteiger partial charge in [-0.3, -0.25) is 0 Å². The van der Waals surface area contributed by atoms with Gasteiger partial charge in [0, 0.05) is 23.6 Å². The fraction of sp³-hybridized carbons (Fsp3) is 0.0741. The first kappa shape index (κ1) is 28.0. The Bertz CT molecular complexity index is 1570. The molecule has 0 radical (unpaired) electrons. The van der Waals surface area contributed by atoms with Gasteiger partial charge in [0.2, 0.25) is 17.8 Å². The molecule has 0 bridgehead atoms. The number of hydrogen-bond donors (Lipinski definition) is 6. The van der Waals surface area contributed by atoms with Crippen LogP contribution >= 0.6 is 0 Å². The van der Waals surface area contributed by atoms with Gasteiger partial charge in [0.1, 0.15) is 0 Å². The van der Waals surface area contributed by atoms with Gasteiger partial charge in [-0.25, -0.2) is 19.2 Å². The van der Waals surface area contributed by atoms with Gasteiger partial charge in [-0.05, 0) is 55.5 Å². The molecule has 4 aromatic rings. The second-order valence-corrected chi connectivity index (χ2v) is 8.35. The SMILES string of the molecule is CCN(c1ccccc1)c1nc(Nc2ccc(C(=O)O)c(C(=O)O)c2)nc(Nc2ccc(C(=O)O)c(C(=O)O)c2)n1. The van der Waals surface area contributed by atoms with Gasteiger partial charge in [-0.15, -0.1) is 0 Å². The van der Waals surface area contributed by atoms with Crippen LogP contribution in [0, 0.1) is 0 Å². The number of hydrogen-bond acceptors (Lipinski definition) is 10. The van der Waals surface area contributed by atoms with Gasteiger partial charge in [-0.2, -0.15) is 15.0 Å². The molecule has 4 rings (SSSR count). The molecule has 0 aliphatic heterocycles. The van der Waals surface area contributed by atoms with Crippen LogP contribution in [0.3, 0.4) is 0 Å². The number of carboxylic acid groups (broad SMARTS) is 4. The molecule has 41 heavy (non-hydrogen) atoms. The molecule has 0 aliphatic rings. The second kappa shape index (κ2) is 11.8. The lowest BCUT2D eigenvalue weighted by molar-refractivity contribution is 0.0651. The van der Waals surface area contributed by atoms with Crippen molar-refractivity contribution in [1.29, 1.82) is 0 Å². The van der Waals surface area contributed by atoms with Crippen molar-refractivity contribution in [3.05, 3.63) is 89.0 Å². The highest BCUT2D eigenvalue weighted by molar-refractivity contribution is 6.03. The summed E-state index contributed by atoms with van der Waals surface area (Å²) in [5, 5.41) is 43.3. The average molecular weight is 559 g/mol. The van der Waals surface area contributed by atoms with Crippen LogP contribution in [0.25, 0.3) is 0 Å². The third-order valence-corrected chi connectivity index (χ3v) is 5.72. The summed E-state index contributed by atoms with van der Waals surface area (Å²) in [4.78, 5) is 61.1. The molecule has 0 amide bonds. The van der Waals surface area contributed by atoms with E-state index in [-0.39, 0.29) is 29.2 Å². The maximum Gasteiger partial charge on any atom is 0.336 e. The number of nitrogens with zero attached hydrogens (tertiary/aromatic N) is 4. The van der Waals surface area contributed by atoms with Crippen molar-refractivity contribution < 1.29 is 39.6 Å². The van der Waals surface area contributed by atoms with Crippen LogP contribution in [-0.2, 0) is 0 Å². The molecular weight excluding hydrogens is 536 g/mol. The summed E-state index contributed by atoms with van der Waals surface area (Å²) in [5.74, 6) is -5.62. The van der Waals surface area contributed by atoms with Crippen molar-refractivity contribution in [3.63, 3.8) is 0 Å². The molecule has 1 heterocycles. The average Bonchev–Trinajstić information content (AvgIpc) is 2.93. The van der Waals surface area contributed by atoms with Crippen LogP contribution in [0.15, 0.2) is 66.7 Å². The van der Waals surface area contributed by atoms with Crippen LogP contribution < -0.4 is 15.5 Å². The number of benzene rings is 3. The fourth-order valence-corrected chi connectivity index (χ4v) is 3.87. The monoisotopic (exact) mass is 558 g/mol. The minimum atomic E-state index is -1.44. The minimum Gasteiger partial charge on any atom is -0.478 e. The second-order valence-electron chi connectivity index (χ2n) is 8.35. The molecule has 6 N–H and O–H groups in total. The van der Waals surface area contributed by atoms with Crippen molar-refractivity contribution in [1.82, 2.24) is 15.0 Å². The number of para-hydroxylation sites is 1. The number of nitrogens with one attached hydrogen (secondary N) is 2. The molecule has 0 aliphatic carbocycles. The van der Waals surface area contributed by atoms with Crippen molar-refractivity contribution in [2.45, 2.75) is 6.92 Å². The summed E-state index contributed by atoms with van der Waals surface area (Å²) in [7, 11) is 0. The molecule has 3 aromatic carbocycles. The first-order valence-electron chi connectivity index (χ1n) is 11.9. The third kappa shape index (κ3) is 6.34. The Balaban J connectivity index is 1.79. The molecule has 208 valence electrons. The molecule has 0 saturated heterocycles. The molecule has 0 spiro atoms. The summed E-state index contributed by atoms with van der Waals surface area (Å²) < 4.78 is 0. The van der Waals surface area contributed by atoms with Crippen LogP contribution in [0.4, 0.5) is 34.9 Å². The van der Waals surface area contributed by atoms with Gasteiger partial charge in [0.05, 0.1) is 22.3 Å². The first-order valence-corrected chi connectivity index (χ1v) is 11.9. The normalized spacial score (nSPS) is 10.5. The van der Waals surface area contributed by atoms with Crippen LogP contribution in [0.1, 0.15) is 48.4 Å². The smallest absolute Gasteiger partial charge is 0.336 e. The van der Waals surface area contributed by atoms with Crippen molar-refractivity contribution >= 4 is 58.8 Å². The Morgan fingerprint density at radius 1 is 0.634 bits per heavy atom. The number of carboxylic acids is 4. The van der Waals surface area contributed by atoms with E-state index >= 15 is 0 Å². The van der Waals surface area contributed by atoms with Gasteiger partial charge in [0.25, 0.3) is 0 Å². The zero-order valence-corrected chi connectivity index (χ0v) is 21.3. The lowest BCUT2D eigenvalue weighted by Gasteiger charge is -2.22. The number of carbonyl (C=O) groups is 4. The summed E-state index contributed by atoms with van der Waals surface area (Å²) in [6, 6.07) is 16.4. The maximum absolute atomic E-state index is 11.6. The number of anilines is 6. The van der Waals surface area contributed by atoms with E-state index in [1.807, 2.05) is 37.3 Å². The Morgan fingerprint density at radius 2 is 1.07 bits per heavy atom. The molecule has 0 saturated carbocycles. The predicted molar refractivity (Wildman–Crippen MR) is 146 cm³/mol. The van der Waals surface area contributed by atoms with E-state index in [0.717, 1.165) is 30.0 Å². The maximum atomic E-state index is 11.6. The summed E-state index contributed by atoms with van der Waals surface area (Å²) in [6.07, 6.45) is 0. The minimum absolute atomic E-state index is 0.0492. The van der Waals surface area contributed by atoms with Crippen LogP contribution in [0.5, 0.6) is 0 Å². The van der Waals surface area contributed by atoms with Gasteiger partial charge in [0.15, 0.2) is 0 Å². The largest absolute Gasteiger partial charge is 0.478 e. The Hall–Kier alpha value is -6.05. The molecule has 0 fully saturated rings. The standard InChI is InChI=1S/C27H22N6O8/c1-2-33(16-6-4-3-5-7-16)27-31-25(28-14-8-10-17(21(34)35)19(12-14)23(38)39)30-26(32-27)29-15-9-11-18(22(36)37)20(13-15)24(40)41/h3-13H,2H2,1H3,(H,34,35)(H,36,37)(H,38,39)(H,40,41)(H2,28,29,30,31,32). The fourth-order valence-electron chi connectivity index (χ4n) is 3.87. The lowest BCUT2D eigenvalue weighted by atomic mass is 10.1. The molecule has 14 heteroatoms. The molecule has 0 unspecified atom stereocenters. The summed E-state index contributed by atoms with van der Waals surface area (Å²) in [6.45, 7) is 2.30. The number of aromatic carboxylic acids is 4. The van der Waals surface area contributed by atoms with Gasteiger partial charge < -0.3 is 36.0 Å². The van der Waals surface area contributed by atoms with Crippen molar-refractivity contribution in [2.24, 2.45) is 0 Å². The van der Waals surface area contributed by atoms with E-state index in [1.54, 1.807) is 4.90 Å². The van der Waals surface area contributed by atoms with E-state index in [1.165, 1.54) is 12.1 Å². The Morgan fingerprint density at radius 3 is 1.46 bits per heavy atom. The highest BCUT2D eigenvalue weighted by Gasteiger charge is 2.20. The van der Waals surface area contributed by atoms with Crippen molar-refractivity contribution in [3.8, 4) is 0 Å². The van der Waals surface area contributed by atoms with Gasteiger partial charge in [-0.1, -0.05) is 18.2 Å². The summed E-state index contributed by atoms with van der Waals surface area (Å²) >= 11 is 0. The first-order chi connectivity index (χ1) is 19.6. The molecule has 14 nitrogen and oxygen atoms in total. The predicted octanol–water partition coefficient (Wildman–Crippen LogP) is 4.31. The van der Waals surface area contributed by atoms with E-state index < -0.39 is 46.1 Å². The van der Waals surface area contributed by atoms with E-state index in [0.29, 0.717) is 6.54 Å². The van der Waals surface area contributed by atoms with Crippen molar-refractivity contribution in [2.75, 3.05) is 22.1 Å². The van der Waals surface area contributed by atoms with E-state index in [9.17, 15) is 39.6 Å². The number of aromatic nitrogens is 3. The van der Waals surface area contributed by atoms with Gasteiger partial charge >= 0.3 is 23.9 Å². The topological polar surface area (TPSA) is 215 Å². The molecular formula is C27H22N6O8. The highest BCUT2D eigenvalue weighted by atomic mass is 16.4. The zero-order chi connectivity index (χ0) is 29.7. The van der Waals surface area contributed by atoms with E-state index in [2.05, 4.69) is 25.6 Å². The molecule has 1 aromatic heterocycles. The lowest BCUT2D eigenvalue weighted by Crippen LogP contribution is -2.20. The summed E-state index contributed by atoms with van der Waals surface area (Å²) in [5.41, 5.74) is -0.599. The molecule has 0 atom stereocenters. The zero-order valence-electron chi connectivity index (χ0n) is 21.3.